The molecular weight excluding hydrogens is 226 g/mol. The Morgan fingerprint density at radius 1 is 1.31 bits per heavy atom. The molecule has 0 aliphatic carbocycles. The Morgan fingerprint density at radius 2 is 1.81 bits per heavy atom. The van der Waals surface area contributed by atoms with Crippen LogP contribution in [0.3, 0.4) is 0 Å². The fourth-order valence-electron chi connectivity index (χ4n) is 1.47. The van der Waals surface area contributed by atoms with Gasteiger partial charge in [-0.3, -0.25) is 4.79 Å². The fourth-order valence-corrected chi connectivity index (χ4v) is 1.47. The number of hydrogen-bond acceptors (Lipinski definition) is 2. The molecule has 0 spiro atoms. The number of rotatable bonds is 5. The zero-order chi connectivity index (χ0) is 11.3. The van der Waals surface area contributed by atoms with Crippen LogP contribution >= 0.6 is 12.4 Å². The van der Waals surface area contributed by atoms with E-state index in [1.807, 2.05) is 24.3 Å². The number of carboxylic acid groups (broad SMARTS) is 1. The van der Waals surface area contributed by atoms with E-state index in [0.717, 1.165) is 18.4 Å². The third-order valence-corrected chi connectivity index (χ3v) is 2.33. The zero-order valence-corrected chi connectivity index (χ0v) is 10.2. The van der Waals surface area contributed by atoms with Crippen molar-refractivity contribution in [1.29, 1.82) is 0 Å². The Hall–Kier alpha value is -1.06. The average molecular weight is 244 g/mol. The van der Waals surface area contributed by atoms with E-state index >= 15 is 0 Å². The number of benzene rings is 1. The van der Waals surface area contributed by atoms with Gasteiger partial charge in [-0.1, -0.05) is 37.6 Å². The van der Waals surface area contributed by atoms with Gasteiger partial charge in [0, 0.05) is 0 Å². The first-order valence-electron chi connectivity index (χ1n) is 5.19. The molecule has 0 heterocycles. The number of carbonyl (C=O) groups is 1. The number of halogens is 1. The lowest BCUT2D eigenvalue weighted by molar-refractivity contribution is -0.138. The minimum absolute atomic E-state index is 0. The summed E-state index contributed by atoms with van der Waals surface area (Å²) >= 11 is 0. The van der Waals surface area contributed by atoms with Crippen LogP contribution in [0, 0.1) is 0 Å². The van der Waals surface area contributed by atoms with E-state index in [1.165, 1.54) is 5.56 Å². The van der Waals surface area contributed by atoms with Crippen molar-refractivity contribution >= 4 is 18.4 Å². The molecule has 0 amide bonds. The van der Waals surface area contributed by atoms with Crippen LogP contribution < -0.4 is 5.73 Å². The Balaban J connectivity index is 0.00000225. The SMILES string of the molecule is CCCc1ccc(CC(N)C(=O)O)cc1.Cl. The van der Waals surface area contributed by atoms with E-state index in [1.54, 1.807) is 0 Å². The standard InChI is InChI=1S/C12H17NO2.ClH/c1-2-3-9-4-6-10(7-5-9)8-11(13)12(14)15;/h4-7,11H,2-3,8,13H2,1H3,(H,14,15);1H. The van der Waals surface area contributed by atoms with Crippen molar-refractivity contribution in [1.82, 2.24) is 0 Å². The van der Waals surface area contributed by atoms with Gasteiger partial charge in [-0.25, -0.2) is 0 Å². The van der Waals surface area contributed by atoms with Crippen LogP contribution in [0.15, 0.2) is 24.3 Å². The minimum atomic E-state index is -0.951. The topological polar surface area (TPSA) is 63.3 Å². The molecule has 16 heavy (non-hydrogen) atoms. The first-order chi connectivity index (χ1) is 7.13. The molecule has 4 heteroatoms. The second-order valence-corrected chi connectivity index (χ2v) is 3.72. The van der Waals surface area contributed by atoms with E-state index in [0.29, 0.717) is 6.42 Å². The summed E-state index contributed by atoms with van der Waals surface area (Å²) in [6.07, 6.45) is 2.57. The average Bonchev–Trinajstić information content (AvgIpc) is 2.21. The number of aliphatic carboxylic acids is 1. The van der Waals surface area contributed by atoms with Gasteiger partial charge in [0.1, 0.15) is 6.04 Å². The molecule has 1 aromatic carbocycles. The molecule has 0 aliphatic heterocycles. The Bertz CT molecular complexity index is 324. The van der Waals surface area contributed by atoms with E-state index < -0.39 is 12.0 Å². The van der Waals surface area contributed by atoms with Crippen molar-refractivity contribution in [2.45, 2.75) is 32.2 Å². The maximum atomic E-state index is 10.5. The summed E-state index contributed by atoms with van der Waals surface area (Å²) in [5, 5.41) is 8.66. The summed E-state index contributed by atoms with van der Waals surface area (Å²) in [6.45, 7) is 2.13. The monoisotopic (exact) mass is 243 g/mol. The van der Waals surface area contributed by atoms with Gasteiger partial charge in [0.25, 0.3) is 0 Å². The smallest absolute Gasteiger partial charge is 0.320 e. The summed E-state index contributed by atoms with van der Waals surface area (Å²) < 4.78 is 0. The van der Waals surface area contributed by atoms with Gasteiger partial charge in [-0.05, 0) is 24.0 Å². The highest BCUT2D eigenvalue weighted by Crippen LogP contribution is 2.08. The van der Waals surface area contributed by atoms with Crippen molar-refractivity contribution in [2.75, 3.05) is 0 Å². The molecule has 1 aromatic rings. The van der Waals surface area contributed by atoms with Gasteiger partial charge in [0.2, 0.25) is 0 Å². The van der Waals surface area contributed by atoms with Crippen LogP contribution in [0.1, 0.15) is 24.5 Å². The second kappa shape index (κ2) is 7.25. The molecular formula is C12H18ClNO2. The molecule has 1 atom stereocenters. The Labute approximate surface area is 102 Å². The maximum absolute atomic E-state index is 10.5. The third-order valence-electron chi connectivity index (χ3n) is 2.33. The second-order valence-electron chi connectivity index (χ2n) is 3.72. The molecule has 0 bridgehead atoms. The van der Waals surface area contributed by atoms with Gasteiger partial charge in [0.15, 0.2) is 0 Å². The molecule has 1 unspecified atom stereocenters. The largest absolute Gasteiger partial charge is 0.480 e. The number of carboxylic acids is 1. The van der Waals surface area contributed by atoms with Gasteiger partial charge in [0.05, 0.1) is 0 Å². The molecule has 3 nitrogen and oxygen atoms in total. The van der Waals surface area contributed by atoms with Crippen LogP contribution in [0.25, 0.3) is 0 Å². The quantitative estimate of drug-likeness (QED) is 0.832. The first-order valence-corrected chi connectivity index (χ1v) is 5.19. The van der Waals surface area contributed by atoms with Crippen molar-refractivity contribution in [3.8, 4) is 0 Å². The Kier molecular flexibility index (Phi) is 6.77. The fraction of sp³-hybridized carbons (Fsp3) is 0.417. The van der Waals surface area contributed by atoms with Crippen molar-refractivity contribution in [3.63, 3.8) is 0 Å². The summed E-state index contributed by atoms with van der Waals surface area (Å²) in [5.74, 6) is -0.951. The summed E-state index contributed by atoms with van der Waals surface area (Å²) in [7, 11) is 0. The lowest BCUT2D eigenvalue weighted by Crippen LogP contribution is -2.32. The lowest BCUT2D eigenvalue weighted by atomic mass is 10.0. The number of nitrogens with two attached hydrogens (primary N) is 1. The van der Waals surface area contributed by atoms with E-state index in [4.69, 9.17) is 10.8 Å². The van der Waals surface area contributed by atoms with Crippen LogP contribution in [-0.2, 0) is 17.6 Å². The molecule has 90 valence electrons. The minimum Gasteiger partial charge on any atom is -0.480 e. The van der Waals surface area contributed by atoms with Crippen molar-refractivity contribution in [2.24, 2.45) is 5.73 Å². The highest BCUT2D eigenvalue weighted by molar-refractivity contribution is 5.85. The van der Waals surface area contributed by atoms with Gasteiger partial charge < -0.3 is 10.8 Å². The summed E-state index contributed by atoms with van der Waals surface area (Å²) in [6, 6.07) is 7.17. The van der Waals surface area contributed by atoms with Crippen LogP contribution in [0.5, 0.6) is 0 Å². The summed E-state index contributed by atoms with van der Waals surface area (Å²) in [5.41, 5.74) is 7.70. The maximum Gasteiger partial charge on any atom is 0.320 e. The first kappa shape index (κ1) is 14.9. The van der Waals surface area contributed by atoms with Crippen molar-refractivity contribution in [3.05, 3.63) is 35.4 Å². The predicted molar refractivity (Wildman–Crippen MR) is 67.0 cm³/mol. The molecule has 0 saturated carbocycles. The highest BCUT2D eigenvalue weighted by Gasteiger charge is 2.11. The van der Waals surface area contributed by atoms with Crippen LogP contribution in [-0.4, -0.2) is 17.1 Å². The molecule has 0 saturated heterocycles. The molecule has 0 radical (unpaired) electrons. The molecule has 0 fully saturated rings. The lowest BCUT2D eigenvalue weighted by Gasteiger charge is -2.07. The normalized spacial score (nSPS) is 11.6. The molecule has 1 rings (SSSR count). The highest BCUT2D eigenvalue weighted by atomic mass is 35.5. The van der Waals surface area contributed by atoms with Crippen molar-refractivity contribution < 1.29 is 9.90 Å². The molecule has 0 aliphatic rings. The summed E-state index contributed by atoms with van der Waals surface area (Å²) in [4.78, 5) is 10.5. The van der Waals surface area contributed by atoms with E-state index in [9.17, 15) is 4.79 Å². The van der Waals surface area contributed by atoms with Crippen LogP contribution in [0.4, 0.5) is 0 Å². The Morgan fingerprint density at radius 3 is 2.25 bits per heavy atom. The van der Waals surface area contributed by atoms with Crippen LogP contribution in [0.2, 0.25) is 0 Å². The van der Waals surface area contributed by atoms with E-state index in [-0.39, 0.29) is 12.4 Å². The zero-order valence-electron chi connectivity index (χ0n) is 9.35. The molecule has 3 N–H and O–H groups in total. The van der Waals surface area contributed by atoms with E-state index in [2.05, 4.69) is 6.92 Å². The molecule has 0 aromatic heterocycles. The third kappa shape index (κ3) is 4.64. The number of aryl methyl sites for hydroxylation is 1. The van der Waals surface area contributed by atoms with Gasteiger partial charge >= 0.3 is 5.97 Å². The predicted octanol–water partition coefficient (Wildman–Crippen LogP) is 2.02. The van der Waals surface area contributed by atoms with Gasteiger partial charge in [-0.15, -0.1) is 12.4 Å². The van der Waals surface area contributed by atoms with Gasteiger partial charge in [-0.2, -0.15) is 0 Å². The number of hydrogen-bond donors (Lipinski definition) is 2.